The molecule has 0 aliphatic heterocycles. The van der Waals surface area contributed by atoms with Gasteiger partial charge in [-0.15, -0.1) is 11.6 Å². The Balaban J connectivity index is 0. The molecule has 0 aliphatic rings. The second-order valence-electron chi connectivity index (χ2n) is 0.842. The minimum Gasteiger partial charge on any atom is -0.168 e. The SMILES string of the molecule is FC(F)(F)C(Cl)Br.[B]. The molecule has 0 aliphatic carbocycles. The van der Waals surface area contributed by atoms with E-state index in [9.17, 15) is 13.2 Å². The zero-order chi connectivity index (χ0) is 6.08. The summed E-state index contributed by atoms with van der Waals surface area (Å²) in [6, 6.07) is 0. The van der Waals surface area contributed by atoms with E-state index in [2.05, 4.69) is 27.5 Å². The van der Waals surface area contributed by atoms with Crippen LogP contribution in [0.5, 0.6) is 0 Å². The van der Waals surface area contributed by atoms with Gasteiger partial charge in [-0.1, -0.05) is 15.9 Å². The standard InChI is InChI=1S/C2HBrClF3.B/c3-1(4)2(5,6)7;/h1H;. The van der Waals surface area contributed by atoms with Crippen LogP contribution in [0.2, 0.25) is 0 Å². The van der Waals surface area contributed by atoms with E-state index in [4.69, 9.17) is 0 Å². The Morgan fingerprint density at radius 1 is 1.38 bits per heavy atom. The van der Waals surface area contributed by atoms with Gasteiger partial charge in [0.2, 0.25) is 0 Å². The molecule has 0 N–H and O–H groups in total. The third-order valence-corrected chi connectivity index (χ3v) is 1.01. The zero-order valence-corrected chi connectivity index (χ0v) is 5.89. The molecule has 0 rings (SSSR count). The van der Waals surface area contributed by atoms with Crippen molar-refractivity contribution in [3.05, 3.63) is 0 Å². The van der Waals surface area contributed by atoms with Gasteiger partial charge >= 0.3 is 6.18 Å². The van der Waals surface area contributed by atoms with Crippen LogP contribution < -0.4 is 0 Å². The van der Waals surface area contributed by atoms with Gasteiger partial charge in [-0.25, -0.2) is 0 Å². The fourth-order valence-corrected chi connectivity index (χ4v) is 0. The number of hydrogen-bond donors (Lipinski definition) is 0. The van der Waals surface area contributed by atoms with Crippen LogP contribution in [-0.4, -0.2) is 18.9 Å². The summed E-state index contributed by atoms with van der Waals surface area (Å²) in [6.45, 7) is 0. The number of hydrogen-bond acceptors (Lipinski definition) is 0. The summed E-state index contributed by atoms with van der Waals surface area (Å²) in [5.74, 6) is 0. The molecule has 6 heteroatoms. The topological polar surface area (TPSA) is 0 Å². The van der Waals surface area contributed by atoms with Crippen LogP contribution in [0.15, 0.2) is 0 Å². The van der Waals surface area contributed by atoms with Crippen LogP contribution in [0.3, 0.4) is 0 Å². The molecule has 8 heavy (non-hydrogen) atoms. The van der Waals surface area contributed by atoms with Crippen LogP contribution >= 0.6 is 27.5 Å². The van der Waals surface area contributed by atoms with E-state index < -0.39 is 10.5 Å². The molecule has 3 radical (unpaired) electrons. The average molecular weight is 208 g/mol. The third-order valence-electron chi connectivity index (χ3n) is 0.247. The first kappa shape index (κ1) is 11.4. The lowest BCUT2D eigenvalue weighted by atomic mass is 10.8. The van der Waals surface area contributed by atoms with Gasteiger partial charge in [0.15, 0.2) is 4.29 Å². The Morgan fingerprint density at radius 2 is 1.50 bits per heavy atom. The van der Waals surface area contributed by atoms with Crippen molar-refractivity contribution in [3.8, 4) is 0 Å². The number of rotatable bonds is 0. The quantitative estimate of drug-likeness (QED) is 0.422. The summed E-state index contributed by atoms with van der Waals surface area (Å²) in [6.07, 6.45) is -4.32. The molecule has 1 atom stereocenters. The predicted octanol–water partition coefficient (Wildman–Crippen LogP) is 2.13. The summed E-state index contributed by atoms with van der Waals surface area (Å²) in [5.41, 5.74) is 0. The highest BCUT2D eigenvalue weighted by molar-refractivity contribution is 9.10. The average Bonchev–Trinajstić information content (AvgIpc) is 1.31. The molecule has 0 fully saturated rings. The Hall–Kier alpha value is 0.625. The summed E-state index contributed by atoms with van der Waals surface area (Å²) < 4.78 is 31.1. The summed E-state index contributed by atoms with van der Waals surface area (Å²) in [7, 11) is 0. The first-order chi connectivity index (χ1) is 2.94. The van der Waals surface area contributed by atoms with E-state index in [0.717, 1.165) is 0 Å². The van der Waals surface area contributed by atoms with Gasteiger partial charge in [0.1, 0.15) is 0 Å². The fourth-order valence-electron chi connectivity index (χ4n) is 0. The maximum Gasteiger partial charge on any atom is 0.414 e. The predicted molar refractivity (Wildman–Crippen MR) is 30.4 cm³/mol. The minimum atomic E-state index is -4.32. The summed E-state index contributed by atoms with van der Waals surface area (Å²) in [4.78, 5) is 0. The molecule has 47 valence electrons. The van der Waals surface area contributed by atoms with Gasteiger partial charge in [0.05, 0.1) is 0 Å². The molecular weight excluding hydrogens is 207 g/mol. The van der Waals surface area contributed by atoms with Crippen LogP contribution in [0.25, 0.3) is 0 Å². The summed E-state index contributed by atoms with van der Waals surface area (Å²) in [5, 5.41) is 0. The normalized spacial score (nSPS) is 14.6. The highest BCUT2D eigenvalue weighted by Crippen LogP contribution is 2.28. The molecule has 0 bridgehead atoms. The van der Waals surface area contributed by atoms with Crippen molar-refractivity contribution in [2.24, 2.45) is 0 Å². The molecule has 1 unspecified atom stereocenters. The van der Waals surface area contributed by atoms with Crippen molar-refractivity contribution in [2.75, 3.05) is 0 Å². The van der Waals surface area contributed by atoms with Gasteiger partial charge in [0, 0.05) is 8.41 Å². The molecular formula is C2HBBrClF3. The van der Waals surface area contributed by atoms with Crippen LogP contribution in [-0.2, 0) is 0 Å². The fraction of sp³-hybridized carbons (Fsp3) is 1.00. The largest absolute Gasteiger partial charge is 0.414 e. The smallest absolute Gasteiger partial charge is 0.168 e. The summed E-state index contributed by atoms with van der Waals surface area (Å²) >= 11 is 6.68. The lowest BCUT2D eigenvalue weighted by molar-refractivity contribution is -0.112. The van der Waals surface area contributed by atoms with Gasteiger partial charge in [-0.05, 0) is 0 Å². The molecule has 0 aromatic carbocycles. The Labute approximate surface area is 60.1 Å². The van der Waals surface area contributed by atoms with Crippen molar-refractivity contribution in [2.45, 2.75) is 10.5 Å². The van der Waals surface area contributed by atoms with E-state index in [0.29, 0.717) is 0 Å². The lowest BCUT2D eigenvalue weighted by Crippen LogP contribution is -2.16. The lowest BCUT2D eigenvalue weighted by Gasteiger charge is -2.03. The van der Waals surface area contributed by atoms with Gasteiger partial charge < -0.3 is 0 Å². The Bertz CT molecular complexity index is 62.8. The van der Waals surface area contributed by atoms with Crippen molar-refractivity contribution < 1.29 is 13.2 Å². The highest BCUT2D eigenvalue weighted by Gasteiger charge is 2.35. The van der Waals surface area contributed by atoms with Gasteiger partial charge in [0.25, 0.3) is 0 Å². The maximum absolute atomic E-state index is 11.0. The van der Waals surface area contributed by atoms with E-state index in [1.165, 1.54) is 0 Å². The molecule has 0 nitrogen and oxygen atoms in total. The zero-order valence-electron chi connectivity index (χ0n) is 3.54. The van der Waals surface area contributed by atoms with Crippen molar-refractivity contribution in [3.63, 3.8) is 0 Å². The minimum absolute atomic E-state index is 0. The van der Waals surface area contributed by atoms with E-state index >= 15 is 0 Å². The van der Waals surface area contributed by atoms with Crippen LogP contribution in [0.4, 0.5) is 13.2 Å². The molecule has 0 saturated heterocycles. The van der Waals surface area contributed by atoms with Crippen LogP contribution in [0.1, 0.15) is 0 Å². The monoisotopic (exact) mass is 207 g/mol. The van der Waals surface area contributed by atoms with E-state index in [1.807, 2.05) is 0 Å². The van der Waals surface area contributed by atoms with Gasteiger partial charge in [-0.3, -0.25) is 0 Å². The number of alkyl halides is 5. The van der Waals surface area contributed by atoms with Crippen molar-refractivity contribution in [1.29, 1.82) is 0 Å². The second-order valence-corrected chi connectivity index (χ2v) is 2.72. The Morgan fingerprint density at radius 3 is 1.50 bits per heavy atom. The first-order valence-electron chi connectivity index (χ1n) is 1.29. The molecule has 0 aromatic rings. The number of halogens is 5. The molecule has 0 aromatic heterocycles. The van der Waals surface area contributed by atoms with Gasteiger partial charge in [-0.2, -0.15) is 13.2 Å². The van der Waals surface area contributed by atoms with Crippen molar-refractivity contribution >= 4 is 35.9 Å². The molecule has 0 heterocycles. The molecule has 0 spiro atoms. The Kier molecular flexibility index (Phi) is 5.16. The van der Waals surface area contributed by atoms with E-state index in [-0.39, 0.29) is 8.41 Å². The third kappa shape index (κ3) is 4.78. The van der Waals surface area contributed by atoms with Crippen LogP contribution in [0, 0.1) is 0 Å². The van der Waals surface area contributed by atoms with Crippen molar-refractivity contribution in [1.82, 2.24) is 0 Å². The molecule has 0 amide bonds. The first-order valence-corrected chi connectivity index (χ1v) is 2.64. The maximum atomic E-state index is 11.0. The second kappa shape index (κ2) is 3.61. The van der Waals surface area contributed by atoms with E-state index in [1.54, 1.807) is 0 Å². The highest BCUT2D eigenvalue weighted by atomic mass is 79.9. The molecule has 0 saturated carbocycles.